The van der Waals surface area contributed by atoms with Crippen LogP contribution in [-0.2, 0) is 23.7 Å². The van der Waals surface area contributed by atoms with Crippen molar-refractivity contribution in [2.45, 2.75) is 319 Å². The van der Waals surface area contributed by atoms with Crippen LogP contribution in [0.15, 0.2) is 85.1 Å². The molecule has 0 aromatic carbocycles. The third kappa shape index (κ3) is 36.9. The number of ether oxygens (including phenoxy) is 4. The average molecular weight is 1160 g/mol. The van der Waals surface area contributed by atoms with E-state index in [0.29, 0.717) is 12.8 Å². The van der Waals surface area contributed by atoms with Gasteiger partial charge in [0.25, 0.3) is 0 Å². The van der Waals surface area contributed by atoms with Gasteiger partial charge in [-0.2, -0.15) is 0 Å². The van der Waals surface area contributed by atoms with Crippen LogP contribution >= 0.6 is 0 Å². The predicted octanol–water partition coefficient (Wildman–Crippen LogP) is 12.4. The third-order valence-electron chi connectivity index (χ3n) is 15.5. The highest BCUT2D eigenvalue weighted by Crippen LogP contribution is 2.30. The summed E-state index contributed by atoms with van der Waals surface area (Å²) in [6, 6.07) is -0.943. The van der Waals surface area contributed by atoms with E-state index in [1.807, 2.05) is 6.08 Å². The Morgan fingerprint density at radius 3 is 1.34 bits per heavy atom. The van der Waals surface area contributed by atoms with Crippen LogP contribution in [0.2, 0.25) is 0 Å². The number of amides is 1. The third-order valence-corrected chi connectivity index (χ3v) is 15.5. The summed E-state index contributed by atoms with van der Waals surface area (Å²) in [7, 11) is 0. The van der Waals surface area contributed by atoms with Crippen molar-refractivity contribution in [3.63, 3.8) is 0 Å². The first-order valence-corrected chi connectivity index (χ1v) is 32.8. The normalized spacial score (nSPS) is 24.5. The fourth-order valence-electron chi connectivity index (χ4n) is 10.3. The Bertz CT molecular complexity index is 1700. The first-order chi connectivity index (χ1) is 40.1. The summed E-state index contributed by atoms with van der Waals surface area (Å²) in [6.45, 7) is 2.67. The summed E-state index contributed by atoms with van der Waals surface area (Å²) >= 11 is 0. The molecule has 0 bridgehead atoms. The Balaban J connectivity index is 1.73. The maximum absolute atomic E-state index is 13.3. The van der Waals surface area contributed by atoms with Crippen molar-refractivity contribution in [1.29, 1.82) is 0 Å². The minimum Gasteiger partial charge on any atom is -0.394 e. The fourth-order valence-corrected chi connectivity index (χ4v) is 10.3. The maximum atomic E-state index is 13.3. The van der Waals surface area contributed by atoms with Crippen molar-refractivity contribution >= 4 is 5.91 Å². The van der Waals surface area contributed by atoms with E-state index in [2.05, 4.69) is 92.1 Å². The van der Waals surface area contributed by atoms with Gasteiger partial charge in [-0.25, -0.2) is 0 Å². The molecule has 14 heteroatoms. The number of hydrogen-bond donors (Lipinski definition) is 9. The second-order valence-electron chi connectivity index (χ2n) is 22.8. The second kappa shape index (κ2) is 52.5. The molecule has 0 radical (unpaired) electrons. The van der Waals surface area contributed by atoms with Gasteiger partial charge in [-0.3, -0.25) is 4.79 Å². The van der Waals surface area contributed by atoms with Crippen LogP contribution in [0.3, 0.4) is 0 Å². The topological polar surface area (TPSA) is 228 Å². The molecule has 2 heterocycles. The summed E-state index contributed by atoms with van der Waals surface area (Å²) in [5.41, 5.74) is 0. The summed E-state index contributed by atoms with van der Waals surface area (Å²) < 4.78 is 22.8. The Morgan fingerprint density at radius 1 is 0.451 bits per heavy atom. The van der Waals surface area contributed by atoms with Crippen LogP contribution in [-0.4, -0.2) is 140 Å². The zero-order valence-corrected chi connectivity index (χ0v) is 51.2. The molecule has 474 valence electrons. The standard InChI is InChI=1S/C68H119NO13/c1-3-5-7-9-11-13-15-17-19-21-23-25-26-27-28-29-30-32-34-36-38-40-42-44-46-48-50-52-60(73)69-56(57(72)51-49-47-45-43-41-39-37-35-33-31-24-22-20-18-16-14-12-10-8-6-4-2)55-79-67-65(78)63(76)66(59(54-71)81-67)82-68-64(77)62(75)61(74)58(53-70)80-68/h5,7,11,13,17,19,23,25,33,35,41,43,49,51,56-59,61-68,70-72,74-78H,3-4,6,8-10,12,14-16,18,20-22,24,26-32,34,36-40,42,44-48,50,52-55H2,1-2H3,(H,69,73)/b7-5-,13-11-,19-17-,25-23-,35-33+,43-41+,51-49+. The number of hydrogen-bond acceptors (Lipinski definition) is 13. The van der Waals surface area contributed by atoms with Crippen LogP contribution in [0.5, 0.6) is 0 Å². The molecule has 2 fully saturated rings. The number of allylic oxidation sites excluding steroid dienone is 13. The van der Waals surface area contributed by atoms with Crippen molar-refractivity contribution < 1.29 is 64.6 Å². The first-order valence-electron chi connectivity index (χ1n) is 32.8. The molecular formula is C68H119NO13. The van der Waals surface area contributed by atoms with E-state index in [4.69, 9.17) is 18.9 Å². The molecule has 0 saturated carbocycles. The Kier molecular flexibility index (Phi) is 48.2. The van der Waals surface area contributed by atoms with Crippen molar-refractivity contribution in [1.82, 2.24) is 5.32 Å². The zero-order chi connectivity index (χ0) is 59.5. The number of aliphatic hydroxyl groups excluding tert-OH is 8. The van der Waals surface area contributed by atoms with E-state index in [1.165, 1.54) is 141 Å². The largest absolute Gasteiger partial charge is 0.394 e. The molecule has 2 saturated heterocycles. The number of rotatable bonds is 52. The molecule has 1 amide bonds. The zero-order valence-electron chi connectivity index (χ0n) is 51.2. The molecule has 0 aliphatic carbocycles. The lowest BCUT2D eigenvalue weighted by Crippen LogP contribution is -2.65. The quantitative estimate of drug-likeness (QED) is 0.0204. The monoisotopic (exact) mass is 1160 g/mol. The molecule has 14 nitrogen and oxygen atoms in total. The van der Waals surface area contributed by atoms with Crippen molar-refractivity contribution in [2.24, 2.45) is 0 Å². The van der Waals surface area contributed by atoms with E-state index < -0.39 is 86.8 Å². The van der Waals surface area contributed by atoms with Crippen LogP contribution in [0.1, 0.15) is 245 Å². The predicted molar refractivity (Wildman–Crippen MR) is 332 cm³/mol. The minimum atomic E-state index is -1.80. The van der Waals surface area contributed by atoms with Gasteiger partial charge in [0.05, 0.1) is 32.0 Å². The van der Waals surface area contributed by atoms with Crippen LogP contribution in [0, 0.1) is 0 Å². The maximum Gasteiger partial charge on any atom is 0.220 e. The van der Waals surface area contributed by atoms with Gasteiger partial charge in [0, 0.05) is 6.42 Å². The Hall–Kier alpha value is -2.83. The summed E-state index contributed by atoms with van der Waals surface area (Å²) in [5, 5.41) is 87.3. The molecule has 12 atom stereocenters. The molecular weight excluding hydrogens is 1040 g/mol. The van der Waals surface area contributed by atoms with Crippen molar-refractivity contribution in [3.05, 3.63) is 85.1 Å². The van der Waals surface area contributed by atoms with Gasteiger partial charge in [-0.15, -0.1) is 0 Å². The number of carbonyl (C=O) groups is 1. The van der Waals surface area contributed by atoms with Gasteiger partial charge >= 0.3 is 0 Å². The lowest BCUT2D eigenvalue weighted by atomic mass is 9.97. The molecule has 82 heavy (non-hydrogen) atoms. The SMILES string of the molecule is CC/C=C\C/C=C\C/C=C\C/C=C\CCCCCCCCCCCCCCCCC(=O)NC(COC1OC(CO)C(OC2OC(CO)C(O)C(O)C2O)C(O)C1O)C(O)/C=C/CC/C=C/CC/C=C/CCCCCCCCCCCCC. The number of unbranched alkanes of at least 4 members (excludes halogenated alkanes) is 27. The molecule has 0 aromatic heterocycles. The highest BCUT2D eigenvalue weighted by molar-refractivity contribution is 5.76. The van der Waals surface area contributed by atoms with Crippen LogP contribution in [0.25, 0.3) is 0 Å². The van der Waals surface area contributed by atoms with E-state index >= 15 is 0 Å². The van der Waals surface area contributed by atoms with Crippen LogP contribution < -0.4 is 5.32 Å². The number of carbonyl (C=O) groups excluding carboxylic acids is 1. The molecule has 2 aliphatic heterocycles. The smallest absolute Gasteiger partial charge is 0.220 e. The van der Waals surface area contributed by atoms with E-state index in [-0.39, 0.29) is 18.9 Å². The molecule has 2 rings (SSSR count). The average Bonchev–Trinajstić information content (AvgIpc) is 3.67. The Morgan fingerprint density at radius 2 is 0.854 bits per heavy atom. The lowest BCUT2D eigenvalue weighted by molar-refractivity contribution is -0.359. The van der Waals surface area contributed by atoms with Crippen LogP contribution in [0.4, 0.5) is 0 Å². The molecule has 2 aliphatic rings. The van der Waals surface area contributed by atoms with Gasteiger partial charge in [0.2, 0.25) is 5.91 Å². The summed E-state index contributed by atoms with van der Waals surface area (Å²) in [5.74, 6) is -0.255. The van der Waals surface area contributed by atoms with E-state index in [0.717, 1.165) is 70.6 Å². The highest BCUT2D eigenvalue weighted by Gasteiger charge is 2.51. The second-order valence-corrected chi connectivity index (χ2v) is 22.8. The fraction of sp³-hybridized carbons (Fsp3) is 0.779. The van der Waals surface area contributed by atoms with Gasteiger partial charge in [-0.1, -0.05) is 240 Å². The van der Waals surface area contributed by atoms with Gasteiger partial charge in [0.15, 0.2) is 12.6 Å². The lowest BCUT2D eigenvalue weighted by Gasteiger charge is -2.46. The number of aliphatic hydroxyl groups is 8. The first kappa shape index (κ1) is 75.3. The summed E-state index contributed by atoms with van der Waals surface area (Å²) in [6.07, 6.45) is 54.8. The summed E-state index contributed by atoms with van der Waals surface area (Å²) in [4.78, 5) is 13.3. The van der Waals surface area contributed by atoms with E-state index in [1.54, 1.807) is 6.08 Å². The van der Waals surface area contributed by atoms with Gasteiger partial charge < -0.3 is 65.1 Å². The van der Waals surface area contributed by atoms with Gasteiger partial charge in [0.1, 0.15) is 48.8 Å². The van der Waals surface area contributed by atoms with Crippen molar-refractivity contribution in [2.75, 3.05) is 19.8 Å². The number of nitrogens with one attached hydrogen (secondary N) is 1. The van der Waals surface area contributed by atoms with Gasteiger partial charge in [-0.05, 0) is 83.5 Å². The molecule has 0 aromatic rings. The molecule has 0 spiro atoms. The Labute approximate surface area is 497 Å². The minimum absolute atomic E-state index is 0.255. The van der Waals surface area contributed by atoms with E-state index in [9.17, 15) is 45.6 Å². The molecule has 9 N–H and O–H groups in total. The highest BCUT2D eigenvalue weighted by atomic mass is 16.7. The van der Waals surface area contributed by atoms with Crippen molar-refractivity contribution in [3.8, 4) is 0 Å². The molecule has 12 unspecified atom stereocenters.